The van der Waals surface area contributed by atoms with Crippen molar-refractivity contribution in [3.8, 4) is 17.3 Å². The minimum absolute atomic E-state index is 0.0650. The van der Waals surface area contributed by atoms with Crippen molar-refractivity contribution in [2.24, 2.45) is 11.7 Å². The number of nitrogens with zero attached hydrogens (tertiary/aromatic N) is 3. The van der Waals surface area contributed by atoms with E-state index in [-0.39, 0.29) is 41.6 Å². The predicted molar refractivity (Wildman–Crippen MR) is 149 cm³/mol. The third-order valence-corrected chi connectivity index (χ3v) is 5.45. The number of carbonyl (C=O) groups excluding carboxylic acids is 3. The first-order valence-electron chi connectivity index (χ1n) is 12.4. The van der Waals surface area contributed by atoms with Gasteiger partial charge in [-0.3, -0.25) is 9.69 Å². The Morgan fingerprint density at radius 2 is 1.82 bits per heavy atom. The largest absolute Gasteiger partial charge is 0.461 e. The summed E-state index contributed by atoms with van der Waals surface area (Å²) in [6, 6.07) is 15.5. The van der Waals surface area contributed by atoms with Crippen LogP contribution in [-0.2, 0) is 9.47 Å². The molecule has 9 heteroatoms. The Hall–Kier alpha value is -4.71. The summed E-state index contributed by atoms with van der Waals surface area (Å²) in [7, 11) is 0. The number of aromatic nitrogens is 1. The SMILES string of the molecule is C=C(C#N)CN(C(=O)OC(C)(C)C)c1c(C(N)=O)ccc2ccc(-c3cccc(C(=O)OCC(C)C)n3)cc12. The molecule has 1 heterocycles. The molecule has 0 aliphatic rings. The molecule has 3 rings (SSSR count). The molecule has 9 nitrogen and oxygen atoms in total. The van der Waals surface area contributed by atoms with Crippen LogP contribution in [0.5, 0.6) is 0 Å². The minimum atomic E-state index is -0.847. The van der Waals surface area contributed by atoms with Crippen LogP contribution in [0.15, 0.2) is 60.7 Å². The zero-order valence-electron chi connectivity index (χ0n) is 22.8. The van der Waals surface area contributed by atoms with Gasteiger partial charge in [-0.2, -0.15) is 5.26 Å². The van der Waals surface area contributed by atoms with Gasteiger partial charge in [-0.25, -0.2) is 14.6 Å². The van der Waals surface area contributed by atoms with Crippen LogP contribution in [0, 0.1) is 17.2 Å². The molecule has 0 atom stereocenters. The molecule has 0 aliphatic heterocycles. The summed E-state index contributed by atoms with van der Waals surface area (Å²) in [5, 5.41) is 10.6. The number of benzene rings is 2. The van der Waals surface area contributed by atoms with Crippen molar-refractivity contribution in [1.82, 2.24) is 4.98 Å². The van der Waals surface area contributed by atoms with Crippen molar-refractivity contribution in [2.75, 3.05) is 18.1 Å². The summed E-state index contributed by atoms with van der Waals surface area (Å²) in [6.45, 7) is 12.8. The molecule has 0 fully saturated rings. The van der Waals surface area contributed by atoms with Crippen LogP contribution in [0.1, 0.15) is 55.5 Å². The van der Waals surface area contributed by atoms with E-state index in [0.29, 0.717) is 22.0 Å². The standard InChI is InChI=1S/C30H32N4O5/c1-18(2)17-38-28(36)25-9-7-8-24(33-25)21-11-10-20-12-13-22(27(32)35)26(23(20)14-21)34(16-19(3)15-31)29(37)39-30(4,5)6/h7-14,18H,3,16-17H2,1-2,4-6H3,(H2,32,35). The topological polar surface area (TPSA) is 136 Å². The van der Waals surface area contributed by atoms with Crippen LogP contribution in [0.3, 0.4) is 0 Å². The second kappa shape index (κ2) is 11.8. The van der Waals surface area contributed by atoms with E-state index in [2.05, 4.69) is 11.6 Å². The van der Waals surface area contributed by atoms with Crippen LogP contribution in [-0.4, -0.2) is 41.7 Å². The van der Waals surface area contributed by atoms with Gasteiger partial charge in [0.2, 0.25) is 0 Å². The van der Waals surface area contributed by atoms with Gasteiger partial charge in [0.05, 0.1) is 36.2 Å². The minimum Gasteiger partial charge on any atom is -0.461 e. The fourth-order valence-corrected chi connectivity index (χ4v) is 3.76. The fourth-order valence-electron chi connectivity index (χ4n) is 3.76. The van der Waals surface area contributed by atoms with Gasteiger partial charge in [-0.15, -0.1) is 0 Å². The van der Waals surface area contributed by atoms with Crippen LogP contribution in [0.4, 0.5) is 10.5 Å². The summed E-state index contributed by atoms with van der Waals surface area (Å²) >= 11 is 0. The Balaban J connectivity index is 2.21. The number of nitrogens with two attached hydrogens (primary N) is 1. The van der Waals surface area contributed by atoms with Crippen LogP contribution in [0.2, 0.25) is 0 Å². The lowest BCUT2D eigenvalue weighted by molar-refractivity contribution is 0.0451. The van der Waals surface area contributed by atoms with E-state index < -0.39 is 23.6 Å². The van der Waals surface area contributed by atoms with Crippen molar-refractivity contribution in [2.45, 2.75) is 40.2 Å². The predicted octanol–water partition coefficient (Wildman–Crippen LogP) is 5.63. The highest BCUT2D eigenvalue weighted by Crippen LogP contribution is 2.35. The van der Waals surface area contributed by atoms with Crippen molar-refractivity contribution >= 4 is 34.4 Å². The van der Waals surface area contributed by atoms with E-state index >= 15 is 0 Å². The van der Waals surface area contributed by atoms with E-state index in [9.17, 15) is 19.6 Å². The zero-order valence-corrected chi connectivity index (χ0v) is 22.8. The lowest BCUT2D eigenvalue weighted by Crippen LogP contribution is -2.39. The van der Waals surface area contributed by atoms with Gasteiger partial charge in [-0.05, 0) is 56.3 Å². The van der Waals surface area contributed by atoms with Gasteiger partial charge in [0.1, 0.15) is 11.3 Å². The van der Waals surface area contributed by atoms with Crippen LogP contribution < -0.4 is 10.6 Å². The normalized spacial score (nSPS) is 11.1. The monoisotopic (exact) mass is 528 g/mol. The number of pyridine rings is 1. The maximum Gasteiger partial charge on any atom is 0.415 e. The number of hydrogen-bond acceptors (Lipinski definition) is 7. The van der Waals surface area contributed by atoms with Crippen molar-refractivity contribution in [3.05, 3.63) is 71.9 Å². The molecule has 202 valence electrons. The van der Waals surface area contributed by atoms with Crippen molar-refractivity contribution < 1.29 is 23.9 Å². The van der Waals surface area contributed by atoms with E-state index in [0.717, 1.165) is 0 Å². The number of nitriles is 1. The maximum absolute atomic E-state index is 13.4. The summed E-state index contributed by atoms with van der Waals surface area (Å²) in [4.78, 5) is 44.0. The van der Waals surface area contributed by atoms with Gasteiger partial charge in [0.15, 0.2) is 0 Å². The molecule has 0 spiro atoms. The molecule has 0 bridgehead atoms. The summed E-state index contributed by atoms with van der Waals surface area (Å²) in [6.07, 6.45) is -0.771. The summed E-state index contributed by atoms with van der Waals surface area (Å²) in [5.41, 5.74) is 6.45. The molecule has 0 aliphatic carbocycles. The Bertz CT molecular complexity index is 1480. The van der Waals surface area contributed by atoms with Gasteiger partial charge in [0, 0.05) is 16.5 Å². The average Bonchev–Trinajstić information content (AvgIpc) is 2.88. The fraction of sp³-hybridized carbons (Fsp3) is 0.300. The highest BCUT2D eigenvalue weighted by molar-refractivity contribution is 6.13. The molecule has 3 aromatic rings. The number of fused-ring (bicyclic) bond motifs is 1. The van der Waals surface area contributed by atoms with Crippen molar-refractivity contribution in [1.29, 1.82) is 5.26 Å². The number of carbonyl (C=O) groups is 3. The first-order chi connectivity index (χ1) is 18.3. The molecule has 0 saturated heterocycles. The molecule has 2 amide bonds. The molecular weight excluding hydrogens is 496 g/mol. The van der Waals surface area contributed by atoms with E-state index in [1.807, 2.05) is 26.0 Å². The molecule has 1 aromatic heterocycles. The molecule has 0 saturated carbocycles. The zero-order chi connectivity index (χ0) is 28.9. The Labute approximate surface area is 227 Å². The smallest absolute Gasteiger partial charge is 0.415 e. The van der Waals surface area contributed by atoms with Gasteiger partial charge in [0.25, 0.3) is 5.91 Å². The number of amides is 2. The number of rotatable bonds is 8. The Kier molecular flexibility index (Phi) is 8.71. The third kappa shape index (κ3) is 7.20. The second-order valence-electron chi connectivity index (χ2n) is 10.4. The summed E-state index contributed by atoms with van der Waals surface area (Å²) in [5.74, 6) is -1.11. The number of ether oxygens (including phenoxy) is 2. The molecule has 39 heavy (non-hydrogen) atoms. The third-order valence-electron chi connectivity index (χ3n) is 5.45. The van der Waals surface area contributed by atoms with Gasteiger partial charge < -0.3 is 15.2 Å². The molecular formula is C30H32N4O5. The van der Waals surface area contributed by atoms with E-state index in [4.69, 9.17) is 15.2 Å². The average molecular weight is 529 g/mol. The van der Waals surface area contributed by atoms with Crippen LogP contribution >= 0.6 is 0 Å². The first kappa shape index (κ1) is 28.9. The highest BCUT2D eigenvalue weighted by atomic mass is 16.6. The quantitative estimate of drug-likeness (QED) is 0.295. The van der Waals surface area contributed by atoms with Gasteiger partial charge in [-0.1, -0.05) is 44.7 Å². The Morgan fingerprint density at radius 1 is 1.13 bits per heavy atom. The molecule has 2 aromatic carbocycles. The molecule has 2 N–H and O–H groups in total. The maximum atomic E-state index is 13.4. The number of primary amides is 1. The van der Waals surface area contributed by atoms with E-state index in [1.54, 1.807) is 57.2 Å². The lowest BCUT2D eigenvalue weighted by atomic mass is 9.98. The lowest BCUT2D eigenvalue weighted by Gasteiger charge is -2.29. The highest BCUT2D eigenvalue weighted by Gasteiger charge is 2.29. The Morgan fingerprint density at radius 3 is 2.44 bits per heavy atom. The van der Waals surface area contributed by atoms with Crippen LogP contribution in [0.25, 0.3) is 22.0 Å². The number of hydrogen-bond donors (Lipinski definition) is 1. The van der Waals surface area contributed by atoms with E-state index in [1.165, 1.54) is 11.0 Å². The molecule has 0 unspecified atom stereocenters. The second-order valence-corrected chi connectivity index (χ2v) is 10.4. The first-order valence-corrected chi connectivity index (χ1v) is 12.4. The van der Waals surface area contributed by atoms with Crippen molar-refractivity contribution in [3.63, 3.8) is 0 Å². The summed E-state index contributed by atoms with van der Waals surface area (Å²) < 4.78 is 10.9. The number of esters is 1. The molecule has 0 radical (unpaired) electrons. The number of anilines is 1. The van der Waals surface area contributed by atoms with Gasteiger partial charge >= 0.3 is 12.1 Å².